The standard InChI is InChI=1S/C37H43N3O6S/c1-27(2)24-38-37(42)35(23-29-10-7-6-8-11-29)39(25-30-12-9-13-33(22-30)46-5)36(41)26-40(31-16-14-28(3)15-17-31)47(43,44)34-20-18-32(45-4)19-21-34/h6-22,27,35H,23-26H2,1-5H3,(H,38,42)/t35-/m0/s1. The molecule has 10 heteroatoms. The first kappa shape index (κ1) is 35.0. The van der Waals surface area contributed by atoms with Gasteiger partial charge < -0.3 is 19.7 Å². The van der Waals surface area contributed by atoms with Crippen LogP contribution in [-0.4, -0.2) is 58.5 Å². The molecule has 0 heterocycles. The molecule has 47 heavy (non-hydrogen) atoms. The van der Waals surface area contributed by atoms with Crippen LogP contribution in [0, 0.1) is 12.8 Å². The molecule has 4 aromatic rings. The highest BCUT2D eigenvalue weighted by molar-refractivity contribution is 7.92. The van der Waals surface area contributed by atoms with Crippen LogP contribution in [0.5, 0.6) is 11.5 Å². The quantitative estimate of drug-likeness (QED) is 0.178. The molecule has 0 aliphatic rings. The van der Waals surface area contributed by atoms with Gasteiger partial charge in [0.15, 0.2) is 0 Å². The first-order chi connectivity index (χ1) is 22.5. The van der Waals surface area contributed by atoms with E-state index in [4.69, 9.17) is 9.47 Å². The van der Waals surface area contributed by atoms with Gasteiger partial charge in [-0.1, -0.05) is 74.0 Å². The summed E-state index contributed by atoms with van der Waals surface area (Å²) in [7, 11) is -1.16. The van der Waals surface area contributed by atoms with Crippen molar-refractivity contribution in [1.82, 2.24) is 10.2 Å². The highest BCUT2D eigenvalue weighted by Gasteiger charge is 2.34. The fourth-order valence-corrected chi connectivity index (χ4v) is 6.47. The summed E-state index contributed by atoms with van der Waals surface area (Å²) in [6.45, 7) is 5.82. The first-order valence-electron chi connectivity index (χ1n) is 15.5. The fraction of sp³-hybridized carbons (Fsp3) is 0.297. The maximum absolute atomic E-state index is 14.6. The lowest BCUT2D eigenvalue weighted by Gasteiger charge is -2.34. The van der Waals surface area contributed by atoms with E-state index in [1.165, 1.54) is 24.1 Å². The number of nitrogens with zero attached hydrogens (tertiary/aromatic N) is 2. The lowest BCUT2D eigenvalue weighted by atomic mass is 10.0. The third kappa shape index (κ3) is 9.36. The number of ether oxygens (including phenoxy) is 2. The largest absolute Gasteiger partial charge is 0.497 e. The monoisotopic (exact) mass is 657 g/mol. The number of carbonyl (C=O) groups excluding carboxylic acids is 2. The molecular weight excluding hydrogens is 614 g/mol. The zero-order valence-corrected chi connectivity index (χ0v) is 28.4. The van der Waals surface area contributed by atoms with Crippen LogP contribution in [0.3, 0.4) is 0 Å². The Hall–Kier alpha value is -4.83. The van der Waals surface area contributed by atoms with Gasteiger partial charge >= 0.3 is 0 Å². The number of aryl methyl sites for hydroxylation is 1. The average molecular weight is 658 g/mol. The number of benzene rings is 4. The Bertz CT molecular complexity index is 1730. The van der Waals surface area contributed by atoms with Crippen molar-refractivity contribution in [3.05, 3.63) is 120 Å². The SMILES string of the molecule is COc1ccc(S(=O)(=O)N(CC(=O)N(Cc2cccc(OC)c2)[C@@H](Cc2ccccc2)C(=O)NCC(C)C)c2ccc(C)cc2)cc1. The van der Waals surface area contributed by atoms with Gasteiger partial charge in [-0.25, -0.2) is 8.42 Å². The van der Waals surface area contributed by atoms with Crippen molar-refractivity contribution >= 4 is 27.5 Å². The van der Waals surface area contributed by atoms with Crippen LogP contribution < -0.4 is 19.1 Å². The number of carbonyl (C=O) groups is 2. The van der Waals surface area contributed by atoms with Crippen molar-refractivity contribution in [2.24, 2.45) is 5.92 Å². The van der Waals surface area contributed by atoms with Gasteiger partial charge in [0, 0.05) is 19.5 Å². The maximum atomic E-state index is 14.6. The summed E-state index contributed by atoms with van der Waals surface area (Å²) in [4.78, 5) is 30.0. The third-order valence-electron chi connectivity index (χ3n) is 7.69. The van der Waals surface area contributed by atoms with E-state index in [1.54, 1.807) is 55.6 Å². The number of hydrogen-bond donors (Lipinski definition) is 1. The second-order valence-electron chi connectivity index (χ2n) is 11.7. The van der Waals surface area contributed by atoms with Gasteiger partial charge in [0.1, 0.15) is 24.1 Å². The van der Waals surface area contributed by atoms with Gasteiger partial charge in [0.25, 0.3) is 10.0 Å². The Morgan fingerprint density at radius 3 is 2.04 bits per heavy atom. The molecular formula is C37H43N3O6S. The molecule has 2 amide bonds. The van der Waals surface area contributed by atoms with Crippen LogP contribution in [0.2, 0.25) is 0 Å². The normalized spacial score (nSPS) is 11.9. The summed E-state index contributed by atoms with van der Waals surface area (Å²) in [5.74, 6) is 0.431. The Balaban J connectivity index is 1.80. The van der Waals surface area contributed by atoms with Gasteiger partial charge in [-0.05, 0) is 72.5 Å². The number of nitrogens with one attached hydrogen (secondary N) is 1. The van der Waals surface area contributed by atoms with Gasteiger partial charge in [-0.15, -0.1) is 0 Å². The van der Waals surface area contributed by atoms with E-state index < -0.39 is 28.5 Å². The molecule has 4 aromatic carbocycles. The summed E-state index contributed by atoms with van der Waals surface area (Å²) in [5.41, 5.74) is 2.85. The van der Waals surface area contributed by atoms with Crippen LogP contribution in [0.1, 0.15) is 30.5 Å². The van der Waals surface area contributed by atoms with Gasteiger partial charge in [0.05, 0.1) is 24.8 Å². The van der Waals surface area contributed by atoms with Crippen molar-refractivity contribution in [3.63, 3.8) is 0 Å². The number of amides is 2. The summed E-state index contributed by atoms with van der Waals surface area (Å²) in [5, 5.41) is 3.00. The van der Waals surface area contributed by atoms with E-state index in [2.05, 4.69) is 5.32 Å². The van der Waals surface area contributed by atoms with Crippen molar-refractivity contribution in [2.75, 3.05) is 31.6 Å². The molecule has 0 aliphatic carbocycles. The van der Waals surface area contributed by atoms with Gasteiger partial charge in [-0.2, -0.15) is 0 Å². The number of methoxy groups -OCH3 is 2. The molecule has 0 saturated carbocycles. The minimum Gasteiger partial charge on any atom is -0.497 e. The predicted octanol–water partition coefficient (Wildman–Crippen LogP) is 5.62. The smallest absolute Gasteiger partial charge is 0.264 e. The molecule has 4 rings (SSSR count). The van der Waals surface area contributed by atoms with Crippen molar-refractivity contribution in [3.8, 4) is 11.5 Å². The number of sulfonamides is 1. The Kier molecular flexibility index (Phi) is 12.0. The number of rotatable bonds is 15. The van der Waals surface area contributed by atoms with E-state index in [9.17, 15) is 18.0 Å². The molecule has 0 aromatic heterocycles. The van der Waals surface area contributed by atoms with E-state index in [0.717, 1.165) is 21.0 Å². The van der Waals surface area contributed by atoms with E-state index in [0.29, 0.717) is 23.7 Å². The minimum atomic E-state index is -4.22. The Morgan fingerprint density at radius 1 is 0.787 bits per heavy atom. The molecule has 1 atom stereocenters. The molecule has 0 radical (unpaired) electrons. The summed E-state index contributed by atoms with van der Waals surface area (Å²) < 4.78 is 40.2. The topological polar surface area (TPSA) is 105 Å². The second-order valence-corrected chi connectivity index (χ2v) is 13.6. The molecule has 0 unspecified atom stereocenters. The molecule has 0 spiro atoms. The van der Waals surface area contributed by atoms with Crippen LogP contribution in [0.15, 0.2) is 108 Å². The third-order valence-corrected chi connectivity index (χ3v) is 9.48. The van der Waals surface area contributed by atoms with Crippen LogP contribution >= 0.6 is 0 Å². The Labute approximate surface area is 278 Å². The number of anilines is 1. The van der Waals surface area contributed by atoms with E-state index >= 15 is 0 Å². The van der Waals surface area contributed by atoms with Crippen molar-refractivity contribution in [1.29, 1.82) is 0 Å². The maximum Gasteiger partial charge on any atom is 0.264 e. The Morgan fingerprint density at radius 2 is 1.43 bits per heavy atom. The number of hydrogen-bond acceptors (Lipinski definition) is 6. The summed E-state index contributed by atoms with van der Waals surface area (Å²) in [6, 6.07) is 28.8. The van der Waals surface area contributed by atoms with E-state index in [1.807, 2.05) is 63.2 Å². The van der Waals surface area contributed by atoms with Crippen molar-refractivity contribution in [2.45, 2.75) is 44.7 Å². The molecule has 9 nitrogen and oxygen atoms in total. The van der Waals surface area contributed by atoms with Crippen molar-refractivity contribution < 1.29 is 27.5 Å². The fourth-order valence-electron chi connectivity index (χ4n) is 5.06. The highest BCUT2D eigenvalue weighted by atomic mass is 32.2. The van der Waals surface area contributed by atoms with E-state index in [-0.39, 0.29) is 29.7 Å². The first-order valence-corrected chi connectivity index (χ1v) is 16.9. The lowest BCUT2D eigenvalue weighted by Crippen LogP contribution is -2.53. The summed E-state index contributed by atoms with van der Waals surface area (Å²) >= 11 is 0. The zero-order valence-electron chi connectivity index (χ0n) is 27.6. The van der Waals surface area contributed by atoms with Crippen LogP contribution in [0.4, 0.5) is 5.69 Å². The molecule has 0 fully saturated rings. The van der Waals surface area contributed by atoms with Crippen LogP contribution in [-0.2, 0) is 32.6 Å². The highest BCUT2D eigenvalue weighted by Crippen LogP contribution is 2.27. The molecule has 0 bridgehead atoms. The molecule has 0 saturated heterocycles. The molecule has 0 aliphatic heterocycles. The predicted molar refractivity (Wildman–Crippen MR) is 184 cm³/mol. The van der Waals surface area contributed by atoms with Crippen LogP contribution in [0.25, 0.3) is 0 Å². The lowest BCUT2D eigenvalue weighted by molar-refractivity contribution is -0.140. The van der Waals surface area contributed by atoms with Gasteiger partial charge in [-0.3, -0.25) is 13.9 Å². The summed E-state index contributed by atoms with van der Waals surface area (Å²) in [6.07, 6.45) is 0.232. The second kappa shape index (κ2) is 16.1. The van der Waals surface area contributed by atoms with Gasteiger partial charge in [0.2, 0.25) is 11.8 Å². The minimum absolute atomic E-state index is 0.00142. The molecule has 1 N–H and O–H groups in total. The molecule has 248 valence electrons. The average Bonchev–Trinajstić information content (AvgIpc) is 3.08. The zero-order chi connectivity index (χ0) is 34.0.